The second-order valence-corrected chi connectivity index (χ2v) is 6.92. The monoisotopic (exact) mass is 380 g/mol. The molecule has 25 heavy (non-hydrogen) atoms. The number of hydrogen-bond donors (Lipinski definition) is 1. The van der Waals surface area contributed by atoms with E-state index in [-0.39, 0.29) is 24.8 Å². The molecular weight excluding hydrogens is 351 g/mol. The molecule has 1 heterocycles. The first-order valence-electron chi connectivity index (χ1n) is 8.84. The van der Waals surface area contributed by atoms with Crippen LogP contribution in [0.2, 0.25) is 0 Å². The minimum Gasteiger partial charge on any atom is -0.314 e. The Balaban J connectivity index is 0.00000156. The van der Waals surface area contributed by atoms with E-state index in [2.05, 4.69) is 78.7 Å². The van der Waals surface area contributed by atoms with Gasteiger partial charge in [-0.2, -0.15) is 0 Å². The summed E-state index contributed by atoms with van der Waals surface area (Å²) in [6, 6.07) is 20.4. The molecule has 0 radical (unpaired) electrons. The molecule has 2 aromatic carbocycles. The summed E-state index contributed by atoms with van der Waals surface area (Å²) in [6.07, 6.45) is 1.22. The number of hydrogen-bond acceptors (Lipinski definition) is 2. The lowest BCUT2D eigenvalue weighted by Gasteiger charge is -2.36. The Bertz CT molecular complexity index is 610. The van der Waals surface area contributed by atoms with Gasteiger partial charge in [0.25, 0.3) is 0 Å². The minimum atomic E-state index is 0. The van der Waals surface area contributed by atoms with Crippen LogP contribution < -0.4 is 5.32 Å². The molecule has 0 aliphatic carbocycles. The van der Waals surface area contributed by atoms with E-state index in [4.69, 9.17) is 0 Å². The van der Waals surface area contributed by atoms with Crippen LogP contribution >= 0.6 is 24.8 Å². The highest BCUT2D eigenvalue weighted by Gasteiger charge is 2.23. The topological polar surface area (TPSA) is 15.3 Å². The van der Waals surface area contributed by atoms with E-state index in [1.165, 1.54) is 23.1 Å². The smallest absolute Gasteiger partial charge is 0.0351 e. The number of halogens is 2. The maximum atomic E-state index is 3.47. The van der Waals surface area contributed by atoms with Gasteiger partial charge >= 0.3 is 0 Å². The molecule has 0 spiro atoms. The van der Waals surface area contributed by atoms with Crippen molar-refractivity contribution in [2.75, 3.05) is 26.2 Å². The van der Waals surface area contributed by atoms with Gasteiger partial charge in [-0.1, -0.05) is 62.4 Å². The summed E-state index contributed by atoms with van der Waals surface area (Å²) in [7, 11) is 0. The highest BCUT2D eigenvalue weighted by atomic mass is 35.5. The second kappa shape index (κ2) is 10.8. The summed E-state index contributed by atoms with van der Waals surface area (Å²) in [6.45, 7) is 9.16. The average molecular weight is 381 g/mol. The van der Waals surface area contributed by atoms with Gasteiger partial charge in [-0.05, 0) is 35.1 Å². The van der Waals surface area contributed by atoms with Crippen LogP contribution in [0.5, 0.6) is 0 Å². The van der Waals surface area contributed by atoms with Crippen LogP contribution in [-0.2, 0) is 0 Å². The molecular formula is C21H30Cl2N2. The van der Waals surface area contributed by atoms with E-state index < -0.39 is 0 Å². The fourth-order valence-electron chi connectivity index (χ4n) is 3.49. The Labute approximate surface area is 164 Å². The molecule has 0 amide bonds. The van der Waals surface area contributed by atoms with Gasteiger partial charge in [0.2, 0.25) is 0 Å². The highest BCUT2D eigenvalue weighted by Crippen LogP contribution is 2.31. The Morgan fingerprint density at radius 2 is 1.52 bits per heavy atom. The Kier molecular flexibility index (Phi) is 9.52. The number of benzene rings is 2. The molecule has 4 heteroatoms. The van der Waals surface area contributed by atoms with Crippen molar-refractivity contribution >= 4 is 24.8 Å². The predicted molar refractivity (Wildman–Crippen MR) is 113 cm³/mol. The number of rotatable bonds is 5. The van der Waals surface area contributed by atoms with Gasteiger partial charge in [-0.15, -0.1) is 24.8 Å². The highest BCUT2D eigenvalue weighted by molar-refractivity contribution is 5.85. The van der Waals surface area contributed by atoms with E-state index in [1.807, 2.05) is 0 Å². The van der Waals surface area contributed by atoms with E-state index in [1.54, 1.807) is 0 Å². The molecule has 0 bridgehead atoms. The van der Waals surface area contributed by atoms with E-state index in [0.29, 0.717) is 12.0 Å². The van der Waals surface area contributed by atoms with Crippen molar-refractivity contribution < 1.29 is 0 Å². The van der Waals surface area contributed by atoms with Gasteiger partial charge in [0.15, 0.2) is 0 Å². The molecule has 1 N–H and O–H groups in total. The van der Waals surface area contributed by atoms with E-state index >= 15 is 0 Å². The van der Waals surface area contributed by atoms with Gasteiger partial charge in [0, 0.05) is 32.2 Å². The predicted octanol–water partition coefficient (Wildman–Crippen LogP) is 5.19. The normalized spacial score (nSPS) is 16.0. The number of nitrogens with zero attached hydrogens (tertiary/aromatic N) is 1. The molecule has 2 nitrogen and oxygen atoms in total. The molecule has 1 fully saturated rings. The minimum absolute atomic E-state index is 0. The maximum absolute atomic E-state index is 3.47. The largest absolute Gasteiger partial charge is 0.314 e. The van der Waals surface area contributed by atoms with Crippen LogP contribution in [0, 0.1) is 5.92 Å². The summed E-state index contributed by atoms with van der Waals surface area (Å²) < 4.78 is 0. The summed E-state index contributed by atoms with van der Waals surface area (Å²) in [4.78, 5) is 2.65. The van der Waals surface area contributed by atoms with Crippen molar-refractivity contribution in [1.29, 1.82) is 0 Å². The van der Waals surface area contributed by atoms with Crippen molar-refractivity contribution in [1.82, 2.24) is 10.2 Å². The third kappa shape index (κ3) is 6.00. The first-order valence-corrected chi connectivity index (χ1v) is 8.84. The van der Waals surface area contributed by atoms with Gasteiger partial charge in [-0.25, -0.2) is 0 Å². The fraction of sp³-hybridized carbons (Fsp3) is 0.429. The van der Waals surface area contributed by atoms with Crippen LogP contribution in [0.1, 0.15) is 31.9 Å². The zero-order chi connectivity index (χ0) is 16.1. The SMILES string of the molecule is CC(C)C[C@@H](c1cccc(-c2ccccc2)c1)N1CCNCC1.Cl.Cl. The fourth-order valence-corrected chi connectivity index (χ4v) is 3.49. The average Bonchev–Trinajstić information content (AvgIpc) is 2.61. The van der Waals surface area contributed by atoms with Crippen molar-refractivity contribution in [2.24, 2.45) is 5.92 Å². The van der Waals surface area contributed by atoms with Crippen LogP contribution in [-0.4, -0.2) is 31.1 Å². The molecule has 1 aliphatic heterocycles. The molecule has 1 saturated heterocycles. The lowest BCUT2D eigenvalue weighted by atomic mass is 9.92. The van der Waals surface area contributed by atoms with Crippen molar-refractivity contribution in [3.8, 4) is 11.1 Å². The number of piperazine rings is 1. The van der Waals surface area contributed by atoms with Gasteiger partial charge in [0.1, 0.15) is 0 Å². The summed E-state index contributed by atoms with van der Waals surface area (Å²) >= 11 is 0. The lowest BCUT2D eigenvalue weighted by Crippen LogP contribution is -2.45. The lowest BCUT2D eigenvalue weighted by molar-refractivity contribution is 0.154. The summed E-state index contributed by atoms with van der Waals surface area (Å²) in [5.41, 5.74) is 4.09. The van der Waals surface area contributed by atoms with Crippen molar-refractivity contribution in [3.63, 3.8) is 0 Å². The zero-order valence-corrected chi connectivity index (χ0v) is 16.8. The molecule has 1 atom stereocenters. The van der Waals surface area contributed by atoms with Crippen molar-refractivity contribution in [3.05, 3.63) is 60.2 Å². The van der Waals surface area contributed by atoms with Gasteiger partial charge in [0.05, 0.1) is 0 Å². The van der Waals surface area contributed by atoms with Gasteiger partial charge < -0.3 is 5.32 Å². The number of nitrogens with one attached hydrogen (secondary N) is 1. The standard InChI is InChI=1S/C21H28N2.2ClH/c1-17(2)15-21(23-13-11-22-12-14-23)20-10-6-9-19(16-20)18-7-4-3-5-8-18;;/h3-10,16-17,21-22H,11-15H2,1-2H3;2*1H/t21-;;/m0../s1. The zero-order valence-electron chi connectivity index (χ0n) is 15.2. The molecule has 0 saturated carbocycles. The summed E-state index contributed by atoms with van der Waals surface area (Å²) in [5, 5.41) is 3.47. The quantitative estimate of drug-likeness (QED) is 0.767. The molecule has 0 aromatic heterocycles. The van der Waals surface area contributed by atoms with Crippen LogP contribution in [0.3, 0.4) is 0 Å². The third-order valence-electron chi connectivity index (χ3n) is 4.67. The molecule has 3 rings (SSSR count). The van der Waals surface area contributed by atoms with E-state index in [0.717, 1.165) is 26.2 Å². The molecule has 0 unspecified atom stereocenters. The van der Waals surface area contributed by atoms with Crippen LogP contribution in [0.15, 0.2) is 54.6 Å². The summed E-state index contributed by atoms with van der Waals surface area (Å²) in [5.74, 6) is 0.704. The molecule has 1 aliphatic rings. The second-order valence-electron chi connectivity index (χ2n) is 6.92. The first-order chi connectivity index (χ1) is 11.2. The van der Waals surface area contributed by atoms with Crippen LogP contribution in [0.25, 0.3) is 11.1 Å². The molecule has 2 aromatic rings. The third-order valence-corrected chi connectivity index (χ3v) is 4.67. The Hall–Kier alpha value is -1.06. The Morgan fingerprint density at radius 1 is 0.880 bits per heavy atom. The van der Waals surface area contributed by atoms with Crippen molar-refractivity contribution in [2.45, 2.75) is 26.3 Å². The first kappa shape index (κ1) is 22.0. The van der Waals surface area contributed by atoms with E-state index in [9.17, 15) is 0 Å². The Morgan fingerprint density at radius 3 is 2.16 bits per heavy atom. The molecule has 138 valence electrons. The van der Waals surface area contributed by atoms with Crippen LogP contribution in [0.4, 0.5) is 0 Å². The maximum Gasteiger partial charge on any atom is 0.0351 e. The van der Waals surface area contributed by atoms with Gasteiger partial charge in [-0.3, -0.25) is 4.90 Å².